The van der Waals surface area contributed by atoms with Crippen LogP contribution in [0.15, 0.2) is 24.5 Å². The average molecular weight is 264 g/mol. The Balaban J connectivity index is 2.04. The van der Waals surface area contributed by atoms with E-state index in [1.807, 2.05) is 0 Å². The fourth-order valence-corrected chi connectivity index (χ4v) is 2.19. The molecule has 0 bridgehead atoms. The van der Waals surface area contributed by atoms with Crippen LogP contribution in [-0.2, 0) is 6.42 Å². The number of nitrogens with zero attached hydrogens (tertiary/aromatic N) is 3. The Morgan fingerprint density at radius 1 is 1.44 bits per heavy atom. The third-order valence-corrected chi connectivity index (χ3v) is 3.11. The van der Waals surface area contributed by atoms with Gasteiger partial charge < -0.3 is 5.21 Å². The summed E-state index contributed by atoms with van der Waals surface area (Å²) in [5.74, 6) is -0.296. The predicted octanol–water partition coefficient (Wildman–Crippen LogP) is 1.38. The molecule has 7 heteroatoms. The van der Waals surface area contributed by atoms with Crippen molar-refractivity contribution in [3.05, 3.63) is 40.3 Å². The van der Waals surface area contributed by atoms with Crippen LogP contribution in [0.1, 0.15) is 28.7 Å². The molecule has 0 aliphatic heterocycles. The van der Waals surface area contributed by atoms with Gasteiger partial charge in [0.15, 0.2) is 12.4 Å². The third-order valence-electron chi connectivity index (χ3n) is 2.22. The fraction of sp³-hybridized carbons (Fsp3) is 0.273. The number of carbonyl (C=O) groups is 1. The summed E-state index contributed by atoms with van der Waals surface area (Å²) in [6.45, 7) is 2.06. The molecule has 0 unspecified atom stereocenters. The molecular weight excluding hydrogens is 252 g/mol. The van der Waals surface area contributed by atoms with Crippen molar-refractivity contribution in [3.63, 3.8) is 0 Å². The minimum absolute atomic E-state index is 0.296. The molecule has 0 radical (unpaired) electrons. The van der Waals surface area contributed by atoms with Crippen molar-refractivity contribution >= 4 is 22.4 Å². The summed E-state index contributed by atoms with van der Waals surface area (Å²) >= 11 is 1.36. The van der Waals surface area contributed by atoms with Crippen molar-refractivity contribution in [2.75, 3.05) is 5.32 Å². The Morgan fingerprint density at radius 2 is 2.17 bits per heavy atom. The molecule has 0 saturated heterocycles. The zero-order valence-corrected chi connectivity index (χ0v) is 10.6. The van der Waals surface area contributed by atoms with E-state index in [9.17, 15) is 10.0 Å². The molecule has 0 spiro atoms. The van der Waals surface area contributed by atoms with Gasteiger partial charge in [-0.25, -0.2) is 0 Å². The summed E-state index contributed by atoms with van der Waals surface area (Å²) in [6, 6.07) is 2.91. The van der Waals surface area contributed by atoms with Crippen LogP contribution in [-0.4, -0.2) is 16.1 Å². The summed E-state index contributed by atoms with van der Waals surface area (Å²) in [6.07, 6.45) is 4.40. The molecule has 0 atom stereocenters. The highest BCUT2D eigenvalue weighted by molar-refractivity contribution is 7.15. The Kier molecular flexibility index (Phi) is 3.83. The average Bonchev–Trinajstić information content (AvgIpc) is 2.78. The van der Waals surface area contributed by atoms with E-state index in [2.05, 4.69) is 22.4 Å². The van der Waals surface area contributed by atoms with E-state index in [1.54, 1.807) is 0 Å². The first kappa shape index (κ1) is 12.4. The standard InChI is InChI=1S/C11H12N4O2S/c1-2-3-9-13-14-11(18-9)12-10(16)8-4-6-15(17)7-5-8/h4-7H,2-3H2,1H3,(H,12,14,16). The van der Waals surface area contributed by atoms with E-state index in [-0.39, 0.29) is 5.91 Å². The number of pyridine rings is 1. The molecule has 0 fully saturated rings. The van der Waals surface area contributed by atoms with E-state index in [4.69, 9.17) is 0 Å². The van der Waals surface area contributed by atoms with Crippen LogP contribution in [0.3, 0.4) is 0 Å². The van der Waals surface area contributed by atoms with Crippen LogP contribution >= 0.6 is 11.3 Å². The summed E-state index contributed by atoms with van der Waals surface area (Å²) in [4.78, 5) is 11.8. The lowest BCUT2D eigenvalue weighted by atomic mass is 10.2. The maximum atomic E-state index is 11.8. The van der Waals surface area contributed by atoms with Gasteiger partial charge in [0.05, 0.1) is 5.56 Å². The zero-order chi connectivity index (χ0) is 13.0. The molecule has 0 aromatic carbocycles. The maximum absolute atomic E-state index is 11.8. The van der Waals surface area contributed by atoms with Crippen LogP contribution in [0.25, 0.3) is 0 Å². The predicted molar refractivity (Wildman–Crippen MR) is 67.3 cm³/mol. The van der Waals surface area contributed by atoms with Gasteiger partial charge in [-0.05, 0) is 6.42 Å². The van der Waals surface area contributed by atoms with E-state index < -0.39 is 0 Å². The number of anilines is 1. The lowest BCUT2D eigenvalue weighted by molar-refractivity contribution is -0.605. The number of carbonyl (C=O) groups excluding carboxylic acids is 1. The van der Waals surface area contributed by atoms with Gasteiger partial charge in [0.2, 0.25) is 5.13 Å². The van der Waals surface area contributed by atoms with Crippen molar-refractivity contribution in [1.29, 1.82) is 0 Å². The summed E-state index contributed by atoms with van der Waals surface area (Å²) < 4.78 is 0.626. The van der Waals surface area contributed by atoms with Crippen LogP contribution < -0.4 is 10.0 Å². The highest BCUT2D eigenvalue weighted by Crippen LogP contribution is 2.17. The molecule has 94 valence electrons. The second-order valence-electron chi connectivity index (χ2n) is 3.65. The molecule has 2 heterocycles. The van der Waals surface area contributed by atoms with Gasteiger partial charge in [-0.2, -0.15) is 4.73 Å². The van der Waals surface area contributed by atoms with Crippen molar-refractivity contribution in [3.8, 4) is 0 Å². The summed E-state index contributed by atoms with van der Waals surface area (Å²) in [7, 11) is 0. The first-order chi connectivity index (χ1) is 8.69. The molecule has 18 heavy (non-hydrogen) atoms. The SMILES string of the molecule is CCCc1nnc(NC(=O)c2cc[n+]([O-])cc2)s1. The molecule has 2 aromatic rings. The molecule has 0 aliphatic carbocycles. The monoisotopic (exact) mass is 264 g/mol. The molecule has 0 aliphatic rings. The van der Waals surface area contributed by atoms with Gasteiger partial charge in [0, 0.05) is 18.6 Å². The number of rotatable bonds is 4. The topological polar surface area (TPSA) is 81.8 Å². The van der Waals surface area contributed by atoms with Gasteiger partial charge in [-0.3, -0.25) is 10.1 Å². The molecule has 6 nitrogen and oxygen atoms in total. The largest absolute Gasteiger partial charge is 0.619 e. The molecule has 1 amide bonds. The molecule has 1 N–H and O–H groups in total. The van der Waals surface area contributed by atoms with Crippen LogP contribution in [0.2, 0.25) is 0 Å². The smallest absolute Gasteiger partial charge is 0.257 e. The van der Waals surface area contributed by atoms with Gasteiger partial charge in [0.25, 0.3) is 5.91 Å². The number of hydrogen-bond donors (Lipinski definition) is 1. The highest BCUT2D eigenvalue weighted by Gasteiger charge is 2.10. The minimum Gasteiger partial charge on any atom is -0.619 e. The summed E-state index contributed by atoms with van der Waals surface area (Å²) in [5.41, 5.74) is 0.411. The van der Waals surface area contributed by atoms with Gasteiger partial charge in [0.1, 0.15) is 5.01 Å². The first-order valence-corrected chi connectivity index (χ1v) is 6.33. The number of hydrogen-bond acceptors (Lipinski definition) is 5. The Hall–Kier alpha value is -2.02. The van der Waals surface area contributed by atoms with Crippen molar-refractivity contribution in [2.45, 2.75) is 19.8 Å². The fourth-order valence-electron chi connectivity index (χ4n) is 1.35. The second-order valence-corrected chi connectivity index (χ2v) is 4.71. The number of aryl methyl sites for hydroxylation is 1. The first-order valence-electron chi connectivity index (χ1n) is 5.51. The molecule has 0 saturated carbocycles. The van der Waals surface area contributed by atoms with E-state index >= 15 is 0 Å². The number of aromatic nitrogens is 3. The van der Waals surface area contributed by atoms with E-state index in [0.717, 1.165) is 17.8 Å². The lowest BCUT2D eigenvalue weighted by Crippen LogP contribution is -2.25. The molecular formula is C11H12N4O2S. The van der Waals surface area contributed by atoms with E-state index in [0.29, 0.717) is 15.4 Å². The zero-order valence-electron chi connectivity index (χ0n) is 9.79. The summed E-state index contributed by atoms with van der Waals surface area (Å²) in [5, 5.41) is 22.7. The quantitative estimate of drug-likeness (QED) is 0.668. The van der Waals surface area contributed by atoms with Gasteiger partial charge in [-0.1, -0.05) is 18.3 Å². The number of amides is 1. The Labute approximate surface area is 108 Å². The third kappa shape index (κ3) is 3.01. The Bertz CT molecular complexity index is 538. The Morgan fingerprint density at radius 3 is 2.83 bits per heavy atom. The lowest BCUT2D eigenvalue weighted by Gasteiger charge is -2.00. The van der Waals surface area contributed by atoms with Crippen LogP contribution in [0, 0.1) is 5.21 Å². The number of nitrogens with one attached hydrogen (secondary N) is 1. The van der Waals surface area contributed by atoms with Gasteiger partial charge in [-0.15, -0.1) is 10.2 Å². The maximum Gasteiger partial charge on any atom is 0.257 e. The van der Waals surface area contributed by atoms with Gasteiger partial charge >= 0.3 is 0 Å². The second kappa shape index (κ2) is 5.54. The van der Waals surface area contributed by atoms with Crippen molar-refractivity contribution in [2.24, 2.45) is 0 Å². The van der Waals surface area contributed by atoms with E-state index in [1.165, 1.54) is 35.9 Å². The van der Waals surface area contributed by atoms with Crippen molar-refractivity contribution in [1.82, 2.24) is 10.2 Å². The highest BCUT2D eigenvalue weighted by atomic mass is 32.1. The van der Waals surface area contributed by atoms with Crippen LogP contribution in [0.5, 0.6) is 0 Å². The molecule has 2 rings (SSSR count). The molecule has 2 aromatic heterocycles. The normalized spacial score (nSPS) is 10.3. The van der Waals surface area contributed by atoms with Crippen LogP contribution in [0.4, 0.5) is 5.13 Å². The minimum atomic E-state index is -0.296. The van der Waals surface area contributed by atoms with Crippen molar-refractivity contribution < 1.29 is 9.52 Å².